The summed E-state index contributed by atoms with van der Waals surface area (Å²) in [5.74, 6) is 0.190. The second kappa shape index (κ2) is 6.12. The number of nitriles is 1. The van der Waals surface area contributed by atoms with Crippen LogP contribution in [0.4, 0.5) is 0 Å². The molecule has 0 fully saturated rings. The highest BCUT2D eigenvalue weighted by molar-refractivity contribution is 8.14. The van der Waals surface area contributed by atoms with Gasteiger partial charge in [-0.15, -0.1) is 11.8 Å². The van der Waals surface area contributed by atoms with E-state index >= 15 is 0 Å². The van der Waals surface area contributed by atoms with Gasteiger partial charge in [-0.25, -0.2) is 13.4 Å². The molecule has 0 spiro atoms. The maximum absolute atomic E-state index is 10.9. The predicted octanol–water partition coefficient (Wildman–Crippen LogP) is 2.49. The van der Waals surface area contributed by atoms with Crippen molar-refractivity contribution in [3.63, 3.8) is 0 Å². The molecule has 7 heteroatoms. The lowest BCUT2D eigenvalue weighted by atomic mass is 9.95. The number of nitrogens with zero attached hydrogens (tertiary/aromatic N) is 2. The molecular weight excluding hydrogens is 304 g/mol. The van der Waals surface area contributed by atoms with Gasteiger partial charge in [0.15, 0.2) is 0 Å². The van der Waals surface area contributed by atoms with Crippen molar-refractivity contribution in [3.8, 4) is 6.07 Å². The van der Waals surface area contributed by atoms with Gasteiger partial charge in [0.05, 0.1) is 11.3 Å². The van der Waals surface area contributed by atoms with E-state index in [2.05, 4.69) is 11.1 Å². The third-order valence-electron chi connectivity index (χ3n) is 2.95. The Kier molecular flexibility index (Phi) is 4.71. The highest BCUT2D eigenvalue weighted by Crippen LogP contribution is 2.27. The Morgan fingerprint density at radius 1 is 1.42 bits per heavy atom. The molecule has 0 saturated carbocycles. The number of thioether (sulfide) groups is 1. The van der Waals surface area contributed by atoms with Crippen LogP contribution in [0.25, 0.3) is 0 Å². The van der Waals surface area contributed by atoms with Crippen LogP contribution in [0.3, 0.4) is 0 Å². The normalized spacial score (nSPS) is 14.7. The van der Waals surface area contributed by atoms with Gasteiger partial charge in [0.25, 0.3) is 0 Å². The van der Waals surface area contributed by atoms with E-state index in [-0.39, 0.29) is 5.75 Å². The van der Waals surface area contributed by atoms with Crippen LogP contribution < -0.4 is 0 Å². The van der Waals surface area contributed by atoms with Gasteiger partial charge in [-0.3, -0.25) is 0 Å². The molecule has 0 N–H and O–H groups in total. The molecule has 102 valence electrons. The maximum Gasteiger partial charge on any atom is 0.233 e. The van der Waals surface area contributed by atoms with Crippen molar-refractivity contribution < 1.29 is 8.42 Å². The lowest BCUT2D eigenvalue weighted by molar-refractivity contribution is 0.611. The first-order valence-corrected chi connectivity index (χ1v) is 9.44. The maximum atomic E-state index is 10.9. The Morgan fingerprint density at radius 3 is 2.84 bits per heavy atom. The van der Waals surface area contributed by atoms with E-state index in [1.54, 1.807) is 0 Å². The van der Waals surface area contributed by atoms with E-state index in [1.807, 2.05) is 6.07 Å². The smallest absolute Gasteiger partial charge is 0.233 e. The third kappa shape index (κ3) is 4.10. The first-order chi connectivity index (χ1) is 8.99. The van der Waals surface area contributed by atoms with Gasteiger partial charge < -0.3 is 0 Å². The highest BCUT2D eigenvalue weighted by Gasteiger charge is 2.16. The fraction of sp³-hybridized carbons (Fsp3) is 0.500. The Labute approximate surface area is 121 Å². The number of hydrogen-bond acceptors (Lipinski definition) is 5. The van der Waals surface area contributed by atoms with Gasteiger partial charge in [0.1, 0.15) is 11.1 Å². The van der Waals surface area contributed by atoms with Crippen LogP contribution in [0.2, 0.25) is 0 Å². The molecular formula is C12H13ClN2O2S2. The van der Waals surface area contributed by atoms with Crippen molar-refractivity contribution in [2.24, 2.45) is 0 Å². The SMILES string of the molecule is N#Cc1cc2c(nc1SCCS(=O)(=O)Cl)CCCC2. The molecule has 0 radical (unpaired) electrons. The molecule has 1 aromatic heterocycles. The fourth-order valence-electron chi connectivity index (χ4n) is 2.04. The standard InChI is InChI=1S/C12H13ClN2O2S2/c13-19(16,17)6-5-18-12-10(8-14)7-9-3-1-2-4-11(9)15-12/h7H,1-6H2. The molecule has 0 atom stereocenters. The lowest BCUT2D eigenvalue weighted by Gasteiger charge is -2.16. The fourth-order valence-corrected chi connectivity index (χ4v) is 4.37. The summed E-state index contributed by atoms with van der Waals surface area (Å²) in [5.41, 5.74) is 2.72. The van der Waals surface area contributed by atoms with Crippen molar-refractivity contribution in [1.82, 2.24) is 4.98 Å². The number of rotatable bonds is 4. The van der Waals surface area contributed by atoms with Crippen LogP contribution >= 0.6 is 22.4 Å². The molecule has 0 amide bonds. The molecule has 19 heavy (non-hydrogen) atoms. The summed E-state index contributed by atoms with van der Waals surface area (Å²) in [6.45, 7) is 0. The van der Waals surface area contributed by atoms with E-state index in [0.717, 1.165) is 36.9 Å². The molecule has 1 aromatic rings. The first-order valence-electron chi connectivity index (χ1n) is 5.97. The van der Waals surface area contributed by atoms with Gasteiger partial charge >= 0.3 is 0 Å². The highest BCUT2D eigenvalue weighted by atomic mass is 35.7. The lowest BCUT2D eigenvalue weighted by Crippen LogP contribution is -2.08. The van der Waals surface area contributed by atoms with Crippen molar-refractivity contribution in [3.05, 3.63) is 22.9 Å². The van der Waals surface area contributed by atoms with Gasteiger partial charge in [-0.2, -0.15) is 5.26 Å². The van der Waals surface area contributed by atoms with Crippen molar-refractivity contribution in [2.75, 3.05) is 11.5 Å². The Balaban J connectivity index is 2.17. The molecule has 1 heterocycles. The summed E-state index contributed by atoms with van der Waals surface area (Å²) in [4.78, 5) is 4.51. The molecule has 0 unspecified atom stereocenters. The molecule has 2 rings (SSSR count). The van der Waals surface area contributed by atoms with Gasteiger partial charge in [0.2, 0.25) is 9.05 Å². The average molecular weight is 317 g/mol. The number of aromatic nitrogens is 1. The largest absolute Gasteiger partial charge is 0.245 e. The van der Waals surface area contributed by atoms with E-state index in [4.69, 9.17) is 15.9 Å². The molecule has 1 aliphatic rings. The quantitative estimate of drug-likeness (QED) is 0.630. The summed E-state index contributed by atoms with van der Waals surface area (Å²) in [7, 11) is 1.67. The van der Waals surface area contributed by atoms with E-state index in [0.29, 0.717) is 16.3 Å². The average Bonchev–Trinajstić information content (AvgIpc) is 2.36. The molecule has 0 saturated heterocycles. The molecule has 1 aliphatic carbocycles. The number of pyridine rings is 1. The Morgan fingerprint density at radius 2 is 2.16 bits per heavy atom. The van der Waals surface area contributed by atoms with E-state index < -0.39 is 9.05 Å². The summed E-state index contributed by atoms with van der Waals surface area (Å²) in [5, 5.41) is 9.75. The minimum absolute atomic E-state index is 0.122. The second-order valence-corrected chi connectivity index (χ2v) is 8.34. The third-order valence-corrected chi connectivity index (χ3v) is 5.36. The van der Waals surface area contributed by atoms with Gasteiger partial charge in [-0.1, -0.05) is 0 Å². The zero-order valence-corrected chi connectivity index (χ0v) is 12.6. The van der Waals surface area contributed by atoms with E-state index in [9.17, 15) is 8.42 Å². The molecule has 0 bridgehead atoms. The Hall–Kier alpha value is -0.770. The zero-order valence-electron chi connectivity index (χ0n) is 10.2. The van der Waals surface area contributed by atoms with Crippen LogP contribution in [-0.4, -0.2) is 24.9 Å². The molecule has 0 aliphatic heterocycles. The molecule has 0 aromatic carbocycles. The minimum atomic E-state index is -3.49. The first kappa shape index (κ1) is 14.6. The van der Waals surface area contributed by atoms with Crippen LogP contribution in [0.5, 0.6) is 0 Å². The van der Waals surface area contributed by atoms with Gasteiger partial charge in [-0.05, 0) is 37.3 Å². The van der Waals surface area contributed by atoms with Crippen molar-refractivity contribution >= 4 is 31.5 Å². The number of halogens is 1. The summed E-state index contributed by atoms with van der Waals surface area (Å²) < 4.78 is 21.8. The topological polar surface area (TPSA) is 70.8 Å². The summed E-state index contributed by atoms with van der Waals surface area (Å²) in [6.07, 6.45) is 4.16. The predicted molar refractivity (Wildman–Crippen MR) is 76.0 cm³/mol. The number of fused-ring (bicyclic) bond motifs is 1. The van der Waals surface area contributed by atoms with Crippen molar-refractivity contribution in [1.29, 1.82) is 5.26 Å². The van der Waals surface area contributed by atoms with E-state index in [1.165, 1.54) is 11.8 Å². The van der Waals surface area contributed by atoms with Crippen LogP contribution in [0, 0.1) is 11.3 Å². The summed E-state index contributed by atoms with van der Waals surface area (Å²) >= 11 is 1.27. The molecule has 4 nitrogen and oxygen atoms in total. The number of hydrogen-bond donors (Lipinski definition) is 0. The second-order valence-electron chi connectivity index (χ2n) is 4.36. The van der Waals surface area contributed by atoms with Crippen LogP contribution in [-0.2, 0) is 21.9 Å². The Bertz CT molecular complexity index is 623. The minimum Gasteiger partial charge on any atom is -0.245 e. The van der Waals surface area contributed by atoms with Crippen LogP contribution in [0.1, 0.15) is 29.7 Å². The number of aryl methyl sites for hydroxylation is 2. The van der Waals surface area contributed by atoms with Crippen molar-refractivity contribution in [2.45, 2.75) is 30.7 Å². The zero-order chi connectivity index (χ0) is 13.9. The van der Waals surface area contributed by atoms with Crippen LogP contribution in [0.15, 0.2) is 11.1 Å². The monoisotopic (exact) mass is 316 g/mol. The van der Waals surface area contributed by atoms with Gasteiger partial charge in [0, 0.05) is 22.1 Å². The summed E-state index contributed by atoms with van der Waals surface area (Å²) in [6, 6.07) is 4.02.